The lowest BCUT2D eigenvalue weighted by Gasteiger charge is -2.22. The Hall–Kier alpha value is -1.58. The van der Waals surface area contributed by atoms with Crippen molar-refractivity contribution in [3.05, 3.63) is 24.0 Å². The van der Waals surface area contributed by atoms with Crippen LogP contribution in [0.3, 0.4) is 0 Å². The Bertz CT molecular complexity index is 496. The first-order valence-corrected chi connectivity index (χ1v) is 7.72. The molecule has 0 atom stereocenters. The lowest BCUT2D eigenvalue weighted by atomic mass is 9.95. The number of aromatic nitrogens is 1. The maximum absolute atomic E-state index is 12.0. The molecule has 3 rings (SSSR count). The molecule has 0 unspecified atom stereocenters. The Morgan fingerprint density at radius 2 is 1.90 bits per heavy atom. The van der Waals surface area contributed by atoms with Crippen molar-refractivity contribution in [3.63, 3.8) is 0 Å². The van der Waals surface area contributed by atoms with Gasteiger partial charge in [-0.05, 0) is 31.7 Å². The van der Waals surface area contributed by atoms with Crippen LogP contribution in [0.2, 0.25) is 0 Å². The third kappa shape index (κ3) is 3.30. The average molecular weight is 274 g/mol. The van der Waals surface area contributed by atoms with Crippen molar-refractivity contribution in [2.24, 2.45) is 5.92 Å². The minimum Gasteiger partial charge on any atom is -0.352 e. The molecule has 1 aromatic rings. The highest BCUT2D eigenvalue weighted by atomic mass is 16.2. The van der Waals surface area contributed by atoms with E-state index in [9.17, 15) is 9.59 Å². The Morgan fingerprint density at radius 1 is 1.15 bits per heavy atom. The van der Waals surface area contributed by atoms with E-state index in [0.29, 0.717) is 12.6 Å². The van der Waals surface area contributed by atoms with Gasteiger partial charge in [0.05, 0.1) is 0 Å². The molecule has 1 aromatic heterocycles. The Kier molecular flexibility index (Phi) is 3.90. The monoisotopic (exact) mass is 274 g/mol. The summed E-state index contributed by atoms with van der Waals surface area (Å²) in [5.41, 5.74) is 0.748. The van der Waals surface area contributed by atoms with Crippen LogP contribution in [0.15, 0.2) is 18.5 Å². The fourth-order valence-electron chi connectivity index (χ4n) is 2.95. The molecule has 2 aliphatic rings. The molecule has 0 bridgehead atoms. The summed E-state index contributed by atoms with van der Waals surface area (Å²) in [4.78, 5) is 23.9. The summed E-state index contributed by atoms with van der Waals surface area (Å²) in [6.45, 7) is 0.314. The first-order valence-electron chi connectivity index (χ1n) is 7.72. The van der Waals surface area contributed by atoms with Crippen molar-refractivity contribution in [2.75, 3.05) is 0 Å². The van der Waals surface area contributed by atoms with Crippen molar-refractivity contribution in [1.29, 1.82) is 0 Å². The van der Waals surface area contributed by atoms with Gasteiger partial charge in [0.25, 0.3) is 0 Å². The largest absolute Gasteiger partial charge is 0.352 e. The molecule has 1 amide bonds. The summed E-state index contributed by atoms with van der Waals surface area (Å²) in [7, 11) is 0. The number of amides is 1. The maximum Gasteiger partial charge on any atom is 0.240 e. The van der Waals surface area contributed by atoms with Gasteiger partial charge in [0.15, 0.2) is 5.78 Å². The first kappa shape index (κ1) is 13.4. The van der Waals surface area contributed by atoms with E-state index in [-0.39, 0.29) is 17.6 Å². The lowest BCUT2D eigenvalue weighted by Crippen LogP contribution is -2.38. The molecule has 1 N–H and O–H groups in total. The lowest BCUT2D eigenvalue weighted by molar-refractivity contribution is -0.122. The van der Waals surface area contributed by atoms with Crippen LogP contribution in [-0.2, 0) is 11.3 Å². The van der Waals surface area contributed by atoms with Crippen LogP contribution in [-0.4, -0.2) is 22.3 Å². The molecule has 20 heavy (non-hydrogen) atoms. The van der Waals surface area contributed by atoms with Crippen molar-refractivity contribution in [2.45, 2.75) is 57.5 Å². The number of hydrogen-bond donors (Lipinski definition) is 1. The Morgan fingerprint density at radius 3 is 2.60 bits per heavy atom. The molecular formula is C16H22N2O2. The molecule has 2 aliphatic carbocycles. The Balaban J connectivity index is 1.51. The minimum absolute atomic E-state index is 0.0536. The summed E-state index contributed by atoms with van der Waals surface area (Å²) in [6, 6.07) is 2.17. The third-order valence-electron chi connectivity index (χ3n) is 4.28. The van der Waals surface area contributed by atoms with E-state index < -0.39 is 0 Å². The Labute approximate surface area is 119 Å². The van der Waals surface area contributed by atoms with Gasteiger partial charge in [-0.15, -0.1) is 0 Å². The van der Waals surface area contributed by atoms with Gasteiger partial charge >= 0.3 is 0 Å². The first-order chi connectivity index (χ1) is 9.72. The summed E-state index contributed by atoms with van der Waals surface area (Å²) < 4.78 is 1.81. The second kappa shape index (κ2) is 5.81. The number of nitrogens with zero attached hydrogens (tertiary/aromatic N) is 1. The van der Waals surface area contributed by atoms with Gasteiger partial charge in [-0.25, -0.2) is 0 Å². The summed E-state index contributed by atoms with van der Waals surface area (Å²) in [6.07, 6.45) is 11.6. The number of carbonyl (C=O) groups is 2. The van der Waals surface area contributed by atoms with Crippen LogP contribution in [0.1, 0.15) is 55.3 Å². The topological polar surface area (TPSA) is 51.1 Å². The molecule has 2 saturated carbocycles. The SMILES string of the molecule is O=C(Cn1ccc(C(=O)C2CC2)c1)NC1CCCCC1. The molecule has 1 heterocycles. The highest BCUT2D eigenvalue weighted by Crippen LogP contribution is 2.32. The number of Topliss-reactive ketones (excluding diaryl/α,β-unsaturated/α-hetero) is 1. The van der Waals surface area contributed by atoms with Gasteiger partial charge in [-0.3, -0.25) is 9.59 Å². The van der Waals surface area contributed by atoms with Crippen molar-refractivity contribution in [1.82, 2.24) is 9.88 Å². The smallest absolute Gasteiger partial charge is 0.240 e. The van der Waals surface area contributed by atoms with Gasteiger partial charge in [0, 0.05) is 29.9 Å². The average Bonchev–Trinajstić information content (AvgIpc) is 3.19. The zero-order valence-corrected chi connectivity index (χ0v) is 11.8. The summed E-state index contributed by atoms with van der Waals surface area (Å²) in [5, 5.41) is 3.10. The van der Waals surface area contributed by atoms with Crippen LogP contribution in [0.4, 0.5) is 0 Å². The van der Waals surface area contributed by atoms with E-state index in [1.807, 2.05) is 16.8 Å². The quantitative estimate of drug-likeness (QED) is 0.839. The predicted molar refractivity (Wildman–Crippen MR) is 76.5 cm³/mol. The highest BCUT2D eigenvalue weighted by molar-refractivity contribution is 5.99. The van der Waals surface area contributed by atoms with Crippen molar-refractivity contribution in [3.8, 4) is 0 Å². The van der Waals surface area contributed by atoms with Gasteiger partial charge in [0.1, 0.15) is 6.54 Å². The third-order valence-corrected chi connectivity index (χ3v) is 4.28. The minimum atomic E-state index is 0.0536. The number of hydrogen-bond acceptors (Lipinski definition) is 2. The fraction of sp³-hybridized carbons (Fsp3) is 0.625. The number of ketones is 1. The normalized spacial score (nSPS) is 19.8. The molecule has 0 aliphatic heterocycles. The number of rotatable bonds is 5. The van der Waals surface area contributed by atoms with Crippen molar-refractivity contribution >= 4 is 11.7 Å². The fourth-order valence-corrected chi connectivity index (χ4v) is 2.95. The standard InChI is InChI=1S/C16H22N2O2/c19-15(17-14-4-2-1-3-5-14)11-18-9-8-13(10-18)16(20)12-6-7-12/h8-10,12,14H,1-7,11H2,(H,17,19). The molecule has 0 saturated heterocycles. The van der Waals surface area contributed by atoms with Crippen LogP contribution < -0.4 is 5.32 Å². The summed E-state index contributed by atoms with van der Waals surface area (Å²) in [5.74, 6) is 0.524. The highest BCUT2D eigenvalue weighted by Gasteiger charge is 2.30. The van der Waals surface area contributed by atoms with E-state index in [4.69, 9.17) is 0 Å². The van der Waals surface area contributed by atoms with Gasteiger partial charge < -0.3 is 9.88 Å². The van der Waals surface area contributed by atoms with Gasteiger partial charge in [-0.2, -0.15) is 0 Å². The van der Waals surface area contributed by atoms with Crippen LogP contribution >= 0.6 is 0 Å². The summed E-state index contributed by atoms with van der Waals surface area (Å²) >= 11 is 0. The van der Waals surface area contributed by atoms with Gasteiger partial charge in [0.2, 0.25) is 5.91 Å². The van der Waals surface area contributed by atoms with E-state index in [0.717, 1.165) is 31.2 Å². The van der Waals surface area contributed by atoms with Crippen LogP contribution in [0, 0.1) is 5.92 Å². The maximum atomic E-state index is 12.0. The van der Waals surface area contributed by atoms with E-state index in [2.05, 4.69) is 5.32 Å². The van der Waals surface area contributed by atoms with Gasteiger partial charge in [-0.1, -0.05) is 19.3 Å². The second-order valence-electron chi connectivity index (χ2n) is 6.11. The second-order valence-corrected chi connectivity index (χ2v) is 6.11. The molecule has 2 fully saturated rings. The van der Waals surface area contributed by atoms with E-state index in [1.54, 1.807) is 6.20 Å². The molecule has 0 aromatic carbocycles. The molecule has 108 valence electrons. The predicted octanol–water partition coefficient (Wildman–Crippen LogP) is 2.53. The van der Waals surface area contributed by atoms with Crippen molar-refractivity contribution < 1.29 is 9.59 Å². The molecule has 4 nitrogen and oxygen atoms in total. The molecular weight excluding hydrogens is 252 g/mol. The van der Waals surface area contributed by atoms with E-state index >= 15 is 0 Å². The number of nitrogens with one attached hydrogen (secondary N) is 1. The molecule has 0 spiro atoms. The zero-order valence-electron chi connectivity index (χ0n) is 11.8. The molecule has 0 radical (unpaired) electrons. The van der Waals surface area contributed by atoms with Crippen LogP contribution in [0.25, 0.3) is 0 Å². The van der Waals surface area contributed by atoms with Crippen LogP contribution in [0.5, 0.6) is 0 Å². The van der Waals surface area contributed by atoms with E-state index in [1.165, 1.54) is 19.3 Å². The zero-order chi connectivity index (χ0) is 13.9. The molecule has 4 heteroatoms. The number of carbonyl (C=O) groups excluding carboxylic acids is 2.